The molecule has 0 amide bonds. The fraction of sp³-hybridized carbons (Fsp3) is 0.700. The Morgan fingerprint density at radius 1 is 1.35 bits per heavy atom. The Labute approximate surface area is 101 Å². The predicted molar refractivity (Wildman–Crippen MR) is 65.0 cm³/mol. The summed E-state index contributed by atoms with van der Waals surface area (Å²) in [6, 6.07) is 0.190. The molecule has 3 N–H and O–H groups in total. The number of aromatic nitrogens is 3. The van der Waals surface area contributed by atoms with E-state index in [1.54, 1.807) is 11.9 Å². The van der Waals surface area contributed by atoms with E-state index in [1.165, 1.54) is 0 Å². The molecular formula is C10H19N5O2. The van der Waals surface area contributed by atoms with Gasteiger partial charge in [0.1, 0.15) is 0 Å². The molecule has 0 saturated carbocycles. The minimum absolute atomic E-state index is 0.0287. The molecule has 0 aliphatic heterocycles. The molecular weight excluding hydrogens is 222 g/mol. The van der Waals surface area contributed by atoms with E-state index in [0.717, 1.165) is 0 Å². The number of nitrogens with zero attached hydrogens (tertiary/aromatic N) is 4. The molecule has 0 atom stereocenters. The van der Waals surface area contributed by atoms with Crippen molar-refractivity contribution in [2.75, 3.05) is 30.9 Å². The lowest BCUT2D eigenvalue weighted by atomic mass is 10.1. The second-order valence-corrected chi connectivity index (χ2v) is 4.24. The molecule has 0 saturated heterocycles. The van der Waals surface area contributed by atoms with Crippen molar-refractivity contribution < 1.29 is 9.84 Å². The highest BCUT2D eigenvalue weighted by molar-refractivity contribution is 5.37. The Kier molecular flexibility index (Phi) is 4.06. The summed E-state index contributed by atoms with van der Waals surface area (Å²) in [5.74, 6) is 0.471. The summed E-state index contributed by atoms with van der Waals surface area (Å²) in [6.45, 7) is 6.00. The van der Waals surface area contributed by atoms with E-state index in [4.69, 9.17) is 10.5 Å². The van der Waals surface area contributed by atoms with E-state index in [0.29, 0.717) is 12.6 Å². The van der Waals surface area contributed by atoms with Crippen LogP contribution in [0.2, 0.25) is 0 Å². The average molecular weight is 241 g/mol. The van der Waals surface area contributed by atoms with Gasteiger partial charge in [0.25, 0.3) is 0 Å². The van der Waals surface area contributed by atoms with Crippen LogP contribution in [0.5, 0.6) is 6.01 Å². The van der Waals surface area contributed by atoms with E-state index in [-0.39, 0.29) is 18.6 Å². The zero-order valence-corrected chi connectivity index (χ0v) is 10.6. The topological polar surface area (TPSA) is 97.4 Å². The van der Waals surface area contributed by atoms with Crippen LogP contribution in [0.25, 0.3) is 0 Å². The van der Waals surface area contributed by atoms with Gasteiger partial charge >= 0.3 is 6.01 Å². The quantitative estimate of drug-likeness (QED) is 0.752. The van der Waals surface area contributed by atoms with Gasteiger partial charge in [0.2, 0.25) is 11.9 Å². The molecule has 0 aliphatic carbocycles. The highest BCUT2D eigenvalue weighted by atomic mass is 16.5. The number of nitrogens with two attached hydrogens (primary N) is 1. The van der Waals surface area contributed by atoms with Crippen LogP contribution in [0, 0.1) is 0 Å². The number of aliphatic hydroxyl groups excluding tert-OH is 1. The number of anilines is 2. The summed E-state index contributed by atoms with van der Waals surface area (Å²) in [7, 11) is 1.78. The molecule has 1 aromatic rings. The van der Waals surface area contributed by atoms with Gasteiger partial charge in [-0.25, -0.2) is 0 Å². The van der Waals surface area contributed by atoms with Crippen molar-refractivity contribution in [3.8, 4) is 6.01 Å². The first kappa shape index (κ1) is 13.4. The van der Waals surface area contributed by atoms with Crippen LogP contribution in [-0.4, -0.2) is 45.9 Å². The standard InChI is InChI=1S/C10H19N5O2/c1-5-17-9-13-7(11)12-8(14-9)15(4)10(2,3)6-16/h16H,5-6H2,1-4H3,(H2,11,12,13,14). The van der Waals surface area contributed by atoms with Gasteiger partial charge in [0.15, 0.2) is 0 Å². The van der Waals surface area contributed by atoms with E-state index in [1.807, 2.05) is 20.8 Å². The first-order chi connectivity index (χ1) is 7.90. The maximum Gasteiger partial charge on any atom is 0.323 e. The molecule has 1 aromatic heterocycles. The third kappa shape index (κ3) is 3.16. The molecule has 0 spiro atoms. The van der Waals surface area contributed by atoms with Gasteiger partial charge in [-0.05, 0) is 20.8 Å². The lowest BCUT2D eigenvalue weighted by Gasteiger charge is -2.33. The SMILES string of the molecule is CCOc1nc(N)nc(N(C)C(C)(C)CO)n1. The van der Waals surface area contributed by atoms with Gasteiger partial charge in [0.05, 0.1) is 18.8 Å². The Balaban J connectivity index is 3.05. The van der Waals surface area contributed by atoms with Crippen LogP contribution in [0.1, 0.15) is 20.8 Å². The second-order valence-electron chi connectivity index (χ2n) is 4.24. The van der Waals surface area contributed by atoms with Crippen molar-refractivity contribution in [2.45, 2.75) is 26.3 Å². The van der Waals surface area contributed by atoms with Crippen molar-refractivity contribution >= 4 is 11.9 Å². The smallest absolute Gasteiger partial charge is 0.323 e. The Hall–Kier alpha value is -1.63. The summed E-state index contributed by atoms with van der Waals surface area (Å²) >= 11 is 0. The molecule has 0 radical (unpaired) electrons. The van der Waals surface area contributed by atoms with Crippen LogP contribution >= 0.6 is 0 Å². The summed E-state index contributed by atoms with van der Waals surface area (Å²) in [4.78, 5) is 13.7. The van der Waals surface area contributed by atoms with Crippen molar-refractivity contribution in [1.29, 1.82) is 0 Å². The normalized spacial score (nSPS) is 11.4. The number of rotatable bonds is 5. The maximum atomic E-state index is 9.29. The molecule has 0 fully saturated rings. The Bertz CT molecular complexity index is 383. The monoisotopic (exact) mass is 241 g/mol. The largest absolute Gasteiger partial charge is 0.464 e. The zero-order valence-electron chi connectivity index (χ0n) is 10.6. The molecule has 17 heavy (non-hydrogen) atoms. The number of hydrogen-bond donors (Lipinski definition) is 2. The molecule has 7 heteroatoms. The Morgan fingerprint density at radius 3 is 2.53 bits per heavy atom. The maximum absolute atomic E-state index is 9.29. The summed E-state index contributed by atoms with van der Waals surface area (Å²) in [5.41, 5.74) is 5.09. The molecule has 1 rings (SSSR count). The number of aliphatic hydroxyl groups is 1. The highest BCUT2D eigenvalue weighted by Gasteiger charge is 2.25. The van der Waals surface area contributed by atoms with Crippen molar-refractivity contribution in [3.63, 3.8) is 0 Å². The Morgan fingerprint density at radius 2 is 2.00 bits per heavy atom. The van der Waals surface area contributed by atoms with Crippen LogP contribution in [0.15, 0.2) is 0 Å². The minimum atomic E-state index is -0.489. The van der Waals surface area contributed by atoms with Crippen molar-refractivity contribution in [1.82, 2.24) is 15.0 Å². The molecule has 1 heterocycles. The average Bonchev–Trinajstić information content (AvgIpc) is 2.27. The molecule has 0 aromatic carbocycles. The molecule has 7 nitrogen and oxygen atoms in total. The fourth-order valence-corrected chi connectivity index (χ4v) is 1.08. The van der Waals surface area contributed by atoms with Crippen LogP contribution in [0.4, 0.5) is 11.9 Å². The van der Waals surface area contributed by atoms with Crippen LogP contribution in [-0.2, 0) is 0 Å². The third-order valence-corrected chi connectivity index (χ3v) is 2.49. The third-order valence-electron chi connectivity index (χ3n) is 2.49. The molecule has 0 bridgehead atoms. The van der Waals surface area contributed by atoms with Crippen molar-refractivity contribution in [2.24, 2.45) is 0 Å². The predicted octanol–water partition coefficient (Wildman–Crippen LogP) is 0.0596. The summed E-state index contributed by atoms with van der Waals surface area (Å²) in [6.07, 6.45) is 0. The molecule has 96 valence electrons. The number of nitrogen functional groups attached to an aromatic ring is 1. The number of ether oxygens (including phenoxy) is 1. The van der Waals surface area contributed by atoms with Gasteiger partial charge < -0.3 is 20.5 Å². The molecule has 0 aliphatic rings. The van der Waals surface area contributed by atoms with Gasteiger partial charge in [-0.15, -0.1) is 0 Å². The van der Waals surface area contributed by atoms with Crippen LogP contribution < -0.4 is 15.4 Å². The van der Waals surface area contributed by atoms with Gasteiger partial charge in [-0.1, -0.05) is 0 Å². The van der Waals surface area contributed by atoms with Crippen LogP contribution in [0.3, 0.4) is 0 Å². The first-order valence-corrected chi connectivity index (χ1v) is 5.39. The van der Waals surface area contributed by atoms with Gasteiger partial charge in [0, 0.05) is 7.05 Å². The molecule has 0 unspecified atom stereocenters. The summed E-state index contributed by atoms with van der Waals surface area (Å²) in [5, 5.41) is 9.29. The highest BCUT2D eigenvalue weighted by Crippen LogP contribution is 2.20. The van der Waals surface area contributed by atoms with Crippen molar-refractivity contribution in [3.05, 3.63) is 0 Å². The first-order valence-electron chi connectivity index (χ1n) is 5.39. The minimum Gasteiger partial charge on any atom is -0.464 e. The lowest BCUT2D eigenvalue weighted by Crippen LogP contribution is -2.45. The number of hydrogen-bond acceptors (Lipinski definition) is 7. The second kappa shape index (κ2) is 5.13. The summed E-state index contributed by atoms with van der Waals surface area (Å²) < 4.78 is 5.19. The fourth-order valence-electron chi connectivity index (χ4n) is 1.08. The van der Waals surface area contributed by atoms with E-state index >= 15 is 0 Å². The van der Waals surface area contributed by atoms with E-state index in [9.17, 15) is 5.11 Å². The van der Waals surface area contributed by atoms with E-state index in [2.05, 4.69) is 15.0 Å². The van der Waals surface area contributed by atoms with Gasteiger partial charge in [-0.2, -0.15) is 15.0 Å². The lowest BCUT2D eigenvalue weighted by molar-refractivity contribution is 0.214. The number of likely N-dealkylation sites (N-methyl/N-ethyl adjacent to an activating group) is 1. The zero-order chi connectivity index (χ0) is 13.1. The van der Waals surface area contributed by atoms with Gasteiger partial charge in [-0.3, -0.25) is 0 Å². The van der Waals surface area contributed by atoms with E-state index < -0.39 is 5.54 Å².